The van der Waals surface area contributed by atoms with Crippen LogP contribution in [0.3, 0.4) is 0 Å². The largest absolute Gasteiger partial charge is 0.389 e. The molecule has 2 aromatic carbocycles. The van der Waals surface area contributed by atoms with Crippen LogP contribution in [-0.2, 0) is 38.7 Å². The van der Waals surface area contributed by atoms with Crippen molar-refractivity contribution in [2.75, 3.05) is 41.7 Å². The van der Waals surface area contributed by atoms with Gasteiger partial charge in [-0.05, 0) is 74.6 Å². The van der Waals surface area contributed by atoms with Crippen LogP contribution < -0.4 is 26.2 Å². The summed E-state index contributed by atoms with van der Waals surface area (Å²) in [6, 6.07) is 8.17. The van der Waals surface area contributed by atoms with Crippen LogP contribution in [0.1, 0.15) is 99.9 Å². The fourth-order valence-electron chi connectivity index (χ4n) is 9.96. The maximum absolute atomic E-state index is 15.7. The highest BCUT2D eigenvalue weighted by Gasteiger charge is 2.43. The SMILES string of the molecule is O=C1CC[C@@H](Nc2ccc(N3CCC(O)(CC(=O)N4CCC(NC(=O)c5ccc(C#Cc6cc(F)c7c(c6)C(=O)N(C(C(=O)Nc6nccs6)c6ncn8c6C[C@@H](F)C8)C7)cn5)CC4)CC3)c(F)c2)C(=O)N1. The van der Waals surface area contributed by atoms with Crippen molar-refractivity contribution in [2.24, 2.45) is 0 Å². The molecule has 3 aromatic heterocycles. The number of likely N-dealkylation sites (tertiary alicyclic amines) is 1. The van der Waals surface area contributed by atoms with Gasteiger partial charge in [-0.15, -0.1) is 11.3 Å². The van der Waals surface area contributed by atoms with Crippen LogP contribution >= 0.6 is 11.3 Å². The summed E-state index contributed by atoms with van der Waals surface area (Å²) < 4.78 is 47.0. The minimum atomic E-state index is -1.29. The van der Waals surface area contributed by atoms with Gasteiger partial charge in [0.25, 0.3) is 17.7 Å². The number of benzene rings is 2. The van der Waals surface area contributed by atoms with E-state index < -0.39 is 59.1 Å². The Morgan fingerprint density at radius 2 is 1.74 bits per heavy atom. The Labute approximate surface area is 414 Å². The lowest BCUT2D eigenvalue weighted by molar-refractivity contribution is -0.138. The van der Waals surface area contributed by atoms with Crippen molar-refractivity contribution < 1.29 is 47.0 Å². The van der Waals surface area contributed by atoms with E-state index in [-0.39, 0.29) is 91.1 Å². The molecule has 8 heterocycles. The Hall–Kier alpha value is -7.64. The van der Waals surface area contributed by atoms with E-state index in [1.807, 2.05) is 4.90 Å². The highest BCUT2D eigenvalue weighted by atomic mass is 32.1. The summed E-state index contributed by atoms with van der Waals surface area (Å²) in [6.07, 6.45) is 5.11. The average Bonchev–Trinajstić information content (AvgIpc) is 4.17. The van der Waals surface area contributed by atoms with Gasteiger partial charge in [0, 0.05) is 96.5 Å². The molecule has 6 amide bonds. The van der Waals surface area contributed by atoms with Crippen LogP contribution in [0.25, 0.3) is 0 Å². The number of thiazole rings is 1. The monoisotopic (exact) mass is 1000 g/mol. The van der Waals surface area contributed by atoms with Gasteiger partial charge in [0.05, 0.1) is 42.8 Å². The third-order valence-corrected chi connectivity index (χ3v) is 14.5. The molecule has 5 N–H and O–H groups in total. The third-order valence-electron chi connectivity index (χ3n) is 13.9. The Morgan fingerprint density at radius 1 is 0.944 bits per heavy atom. The molecule has 5 aromatic rings. The molecule has 3 saturated heterocycles. The fraction of sp³-hybridized carbons (Fsp3) is 0.380. The van der Waals surface area contributed by atoms with Crippen molar-refractivity contribution in [3.8, 4) is 11.8 Å². The lowest BCUT2D eigenvalue weighted by atomic mass is 9.87. The van der Waals surface area contributed by atoms with E-state index in [2.05, 4.69) is 48.1 Å². The van der Waals surface area contributed by atoms with Crippen molar-refractivity contribution >= 4 is 63.3 Å². The standard InChI is InChI=1S/C50H48F3N11O7S/c51-30-21-40-43(56-27-63(40)25-30)44(47(69)60-49-54-13-18-72-49)64-26-34-33(48(64)70)19-29(20-35(34)52)2-1-28-3-5-37(55-24-28)45(67)58-31-9-14-62(15-10-31)42(66)23-50(71)11-16-61(17-12-50)39-7-4-32(22-36(39)53)57-38-6-8-41(65)59-46(38)68/h3-5,7,13,18-20,22,24,27,30-31,38,44,57,71H,6,8-12,14-17,21,23,25-26H2,(H,58,67)(H,54,60,69)(H,59,65,68)/t30-,38-,44?/m1/s1. The minimum absolute atomic E-state index is 0.0168. The summed E-state index contributed by atoms with van der Waals surface area (Å²) in [5.74, 6) is 1.94. The first-order valence-electron chi connectivity index (χ1n) is 23.6. The number of halogens is 3. The number of imidazole rings is 1. The van der Waals surface area contributed by atoms with Crippen molar-refractivity contribution in [2.45, 2.75) is 94.4 Å². The molecule has 0 aliphatic carbocycles. The molecule has 72 heavy (non-hydrogen) atoms. The van der Waals surface area contributed by atoms with E-state index in [9.17, 15) is 38.3 Å². The zero-order chi connectivity index (χ0) is 50.3. The topological polar surface area (TPSA) is 224 Å². The second kappa shape index (κ2) is 19.9. The Kier molecular flexibility index (Phi) is 13.2. The molecule has 5 aliphatic rings. The zero-order valence-corrected chi connectivity index (χ0v) is 39.4. The summed E-state index contributed by atoms with van der Waals surface area (Å²) >= 11 is 1.18. The molecule has 0 bridgehead atoms. The quantitative estimate of drug-likeness (QED) is 0.0936. The second-order valence-electron chi connectivity index (χ2n) is 18.7. The zero-order valence-electron chi connectivity index (χ0n) is 38.6. The third kappa shape index (κ3) is 10.1. The number of nitrogens with zero attached hydrogens (tertiary/aromatic N) is 7. The predicted molar refractivity (Wildman–Crippen MR) is 255 cm³/mol. The smallest absolute Gasteiger partial charge is 0.270 e. The fourth-order valence-corrected chi connectivity index (χ4v) is 10.5. The summed E-state index contributed by atoms with van der Waals surface area (Å²) in [5, 5.41) is 24.3. The second-order valence-corrected chi connectivity index (χ2v) is 19.6. The van der Waals surface area contributed by atoms with Crippen LogP contribution in [-0.4, -0.2) is 120 Å². The number of amides is 6. The number of carbonyl (C=O) groups excluding carboxylic acids is 6. The lowest BCUT2D eigenvalue weighted by Crippen LogP contribution is -2.50. The molecule has 3 atom stereocenters. The number of aromatic nitrogens is 4. The first-order valence-corrected chi connectivity index (χ1v) is 24.5. The van der Waals surface area contributed by atoms with Crippen LogP contribution in [0.15, 0.2) is 66.6 Å². The molecule has 0 radical (unpaired) electrons. The van der Waals surface area contributed by atoms with Gasteiger partial charge in [-0.2, -0.15) is 0 Å². The number of anilines is 3. The number of fused-ring (bicyclic) bond motifs is 2. The molecule has 18 nitrogen and oxygen atoms in total. The van der Waals surface area contributed by atoms with Crippen LogP contribution in [0, 0.1) is 23.5 Å². The molecular weight excluding hydrogens is 956 g/mol. The summed E-state index contributed by atoms with van der Waals surface area (Å²) in [6.45, 7) is 1.25. The molecule has 1 unspecified atom stereocenters. The molecule has 22 heteroatoms. The molecule has 0 saturated carbocycles. The van der Waals surface area contributed by atoms with Gasteiger partial charge in [-0.25, -0.2) is 28.1 Å². The molecule has 10 rings (SSSR count). The maximum Gasteiger partial charge on any atom is 0.270 e. The first-order chi connectivity index (χ1) is 34.7. The maximum atomic E-state index is 15.7. The first kappa shape index (κ1) is 48.0. The predicted octanol–water partition coefficient (Wildman–Crippen LogP) is 4.00. The van der Waals surface area contributed by atoms with Gasteiger partial charge in [0.1, 0.15) is 29.5 Å². The van der Waals surface area contributed by atoms with Crippen molar-refractivity contribution in [3.05, 3.63) is 118 Å². The van der Waals surface area contributed by atoms with Crippen LogP contribution in [0.4, 0.5) is 29.7 Å². The van der Waals surface area contributed by atoms with Crippen molar-refractivity contribution in [1.29, 1.82) is 0 Å². The van der Waals surface area contributed by atoms with E-state index in [0.717, 1.165) is 0 Å². The molecule has 3 fully saturated rings. The number of pyridine rings is 1. The Bertz CT molecular complexity index is 3030. The number of piperidine rings is 3. The number of nitrogens with one attached hydrogen (secondary N) is 4. The van der Waals surface area contributed by atoms with Gasteiger partial charge in [0.15, 0.2) is 11.2 Å². The Balaban J connectivity index is 0.698. The van der Waals surface area contributed by atoms with Gasteiger partial charge < -0.3 is 35.0 Å². The molecule has 0 spiro atoms. The number of hydrogen-bond acceptors (Lipinski definition) is 13. The number of aliphatic hydroxyl groups is 1. The molecule has 5 aliphatic heterocycles. The van der Waals surface area contributed by atoms with E-state index in [4.69, 9.17) is 0 Å². The van der Waals surface area contributed by atoms with Crippen LogP contribution in [0.2, 0.25) is 0 Å². The van der Waals surface area contributed by atoms with E-state index >= 15 is 8.78 Å². The highest BCUT2D eigenvalue weighted by molar-refractivity contribution is 7.13. The number of hydrogen-bond donors (Lipinski definition) is 5. The van der Waals surface area contributed by atoms with Gasteiger partial charge in [-0.3, -0.25) is 39.4 Å². The number of alkyl halides is 1. The van der Waals surface area contributed by atoms with Crippen molar-refractivity contribution in [3.63, 3.8) is 0 Å². The summed E-state index contributed by atoms with van der Waals surface area (Å²) in [4.78, 5) is 95.4. The van der Waals surface area contributed by atoms with E-state index in [1.54, 1.807) is 33.0 Å². The number of rotatable bonds is 11. The van der Waals surface area contributed by atoms with E-state index in [1.165, 1.54) is 59.2 Å². The Morgan fingerprint density at radius 3 is 2.46 bits per heavy atom. The van der Waals surface area contributed by atoms with Gasteiger partial charge in [-0.1, -0.05) is 11.8 Å². The lowest BCUT2D eigenvalue weighted by Gasteiger charge is -2.40. The number of carbonyl (C=O) groups is 6. The van der Waals surface area contributed by atoms with Crippen molar-refractivity contribution in [1.82, 2.24) is 40.0 Å². The minimum Gasteiger partial charge on any atom is -0.389 e. The van der Waals surface area contributed by atoms with E-state index in [0.29, 0.717) is 73.2 Å². The molecular formula is C50H48F3N11O7S. The number of imide groups is 1. The highest BCUT2D eigenvalue weighted by Crippen LogP contribution is 2.37. The average molecular weight is 1000 g/mol. The van der Waals surface area contributed by atoms with Gasteiger partial charge >= 0.3 is 0 Å². The summed E-state index contributed by atoms with van der Waals surface area (Å²) in [7, 11) is 0. The van der Waals surface area contributed by atoms with Gasteiger partial charge in [0.2, 0.25) is 17.7 Å². The summed E-state index contributed by atoms with van der Waals surface area (Å²) in [5.41, 5.74) is 1.05. The molecule has 372 valence electrons. The normalized spacial score (nSPS) is 20.0. The van der Waals surface area contributed by atoms with Crippen LogP contribution in [0.5, 0.6) is 0 Å².